The van der Waals surface area contributed by atoms with Gasteiger partial charge in [-0.05, 0) is 42.8 Å². The van der Waals surface area contributed by atoms with E-state index in [9.17, 15) is 4.39 Å². The molecule has 2 atom stereocenters. The molecule has 2 aromatic rings. The maximum Gasteiger partial charge on any atom is 0.213 e. The summed E-state index contributed by atoms with van der Waals surface area (Å²) >= 11 is 0. The number of allylic oxidation sites excluding steroid dienone is 2. The molecular weight excluding hydrogens is 237 g/mol. The van der Waals surface area contributed by atoms with Crippen molar-refractivity contribution in [1.82, 2.24) is 0 Å². The number of pyridine rings is 1. The average molecular weight is 252 g/mol. The van der Waals surface area contributed by atoms with Crippen molar-refractivity contribution in [2.45, 2.75) is 24.8 Å². The summed E-state index contributed by atoms with van der Waals surface area (Å²) in [5, 5.41) is 0. The van der Waals surface area contributed by atoms with Crippen molar-refractivity contribution in [2.24, 2.45) is 0 Å². The van der Waals surface area contributed by atoms with E-state index in [1.165, 1.54) is 0 Å². The Morgan fingerprint density at radius 3 is 2.63 bits per heavy atom. The summed E-state index contributed by atoms with van der Waals surface area (Å²) in [6, 6.07) is 11.3. The van der Waals surface area contributed by atoms with E-state index in [0.717, 1.165) is 16.8 Å². The van der Waals surface area contributed by atoms with Crippen molar-refractivity contribution >= 4 is 0 Å². The molecule has 0 N–H and O–H groups in total. The summed E-state index contributed by atoms with van der Waals surface area (Å²) in [5.41, 5.74) is 3.13. The largest absolute Gasteiger partial charge is 0.213 e. The molecule has 1 aliphatic carbocycles. The number of halogens is 1. The van der Waals surface area contributed by atoms with Gasteiger partial charge in [0.05, 0.1) is 11.0 Å². The van der Waals surface area contributed by atoms with E-state index >= 15 is 0 Å². The molecule has 1 aromatic carbocycles. The summed E-state index contributed by atoms with van der Waals surface area (Å²) in [5.74, 6) is -0.160. The normalized spacial score (nSPS) is 30.1. The van der Waals surface area contributed by atoms with E-state index in [4.69, 9.17) is 0 Å². The molecule has 0 bridgehead atoms. The number of hydrogen-bond donors (Lipinski definition) is 0. The quantitative estimate of drug-likeness (QED) is 0.500. The van der Waals surface area contributed by atoms with E-state index in [0.29, 0.717) is 0 Å². The molecule has 2 heteroatoms. The Bertz CT molecular complexity index is 734. The van der Waals surface area contributed by atoms with Gasteiger partial charge in [-0.3, -0.25) is 0 Å². The lowest BCUT2D eigenvalue weighted by atomic mass is 9.56. The van der Waals surface area contributed by atoms with Crippen LogP contribution in [0.4, 0.5) is 4.39 Å². The molecule has 0 saturated carbocycles. The fourth-order valence-corrected chi connectivity index (χ4v) is 3.50. The number of fused-ring (bicyclic) bond motifs is 6. The molecule has 0 amide bonds. The molecule has 1 nitrogen and oxygen atoms in total. The third-order valence-corrected chi connectivity index (χ3v) is 4.97. The van der Waals surface area contributed by atoms with Gasteiger partial charge in [0.15, 0.2) is 11.7 Å². The van der Waals surface area contributed by atoms with Crippen molar-refractivity contribution in [3.8, 4) is 11.3 Å². The standard InChI is InChI=1S/C17H15FN/c1-16-8-9-17(16,2)19-10-4-3-5-15(19)13-7-6-12(18)11-14(13)16/h3-11H,1-2H3/q+1. The van der Waals surface area contributed by atoms with Gasteiger partial charge in [-0.2, -0.15) is 4.57 Å². The Hall–Kier alpha value is -1.96. The second-order valence-electron chi connectivity index (χ2n) is 5.83. The van der Waals surface area contributed by atoms with Gasteiger partial charge in [0, 0.05) is 19.1 Å². The van der Waals surface area contributed by atoms with E-state index in [1.807, 2.05) is 12.1 Å². The Kier molecular flexibility index (Phi) is 1.80. The summed E-state index contributed by atoms with van der Waals surface area (Å²) in [6.07, 6.45) is 6.52. The number of rotatable bonds is 0. The SMILES string of the molecule is CC12C=CC1(C)[n+]1ccccc1-c1ccc(F)cc12. The van der Waals surface area contributed by atoms with Crippen LogP contribution in [0.2, 0.25) is 0 Å². The number of hydrogen-bond acceptors (Lipinski definition) is 0. The fourth-order valence-electron chi connectivity index (χ4n) is 3.50. The zero-order chi connectivity index (χ0) is 13.3. The molecule has 0 saturated heterocycles. The third-order valence-electron chi connectivity index (χ3n) is 4.97. The smallest absolute Gasteiger partial charge is 0.207 e. The summed E-state index contributed by atoms with van der Waals surface area (Å²) in [6.45, 7) is 4.40. The molecular formula is C17H15FN+. The van der Waals surface area contributed by atoms with Gasteiger partial charge in [0.25, 0.3) is 0 Å². The zero-order valence-electron chi connectivity index (χ0n) is 11.0. The van der Waals surface area contributed by atoms with Crippen LogP contribution >= 0.6 is 0 Å². The number of nitrogens with zero attached hydrogens (tertiary/aromatic N) is 1. The Morgan fingerprint density at radius 1 is 1.05 bits per heavy atom. The molecule has 2 aliphatic rings. The van der Waals surface area contributed by atoms with Crippen LogP contribution in [0.15, 0.2) is 54.7 Å². The summed E-state index contributed by atoms with van der Waals surface area (Å²) in [4.78, 5) is 0. The lowest BCUT2D eigenvalue weighted by Gasteiger charge is -2.48. The monoisotopic (exact) mass is 252 g/mol. The molecule has 2 unspecified atom stereocenters. The van der Waals surface area contributed by atoms with E-state index in [1.54, 1.807) is 12.1 Å². The molecule has 94 valence electrons. The minimum Gasteiger partial charge on any atom is -0.207 e. The van der Waals surface area contributed by atoms with Gasteiger partial charge < -0.3 is 0 Å². The minimum absolute atomic E-state index is 0.107. The highest BCUT2D eigenvalue weighted by Crippen LogP contribution is 2.52. The van der Waals surface area contributed by atoms with Crippen LogP contribution in [0, 0.1) is 5.82 Å². The topological polar surface area (TPSA) is 3.88 Å². The highest BCUT2D eigenvalue weighted by Gasteiger charge is 2.60. The first-order valence-electron chi connectivity index (χ1n) is 6.58. The summed E-state index contributed by atoms with van der Waals surface area (Å²) in [7, 11) is 0. The van der Waals surface area contributed by atoms with Crippen molar-refractivity contribution in [1.29, 1.82) is 0 Å². The van der Waals surface area contributed by atoms with Crippen LogP contribution in [-0.2, 0) is 11.0 Å². The van der Waals surface area contributed by atoms with Gasteiger partial charge in [-0.25, -0.2) is 4.39 Å². The number of aromatic nitrogens is 1. The molecule has 0 fully saturated rings. The molecule has 1 aromatic heterocycles. The maximum absolute atomic E-state index is 13.7. The van der Waals surface area contributed by atoms with Gasteiger partial charge >= 0.3 is 0 Å². The molecule has 1 aliphatic heterocycles. The molecule has 4 rings (SSSR count). The predicted molar refractivity (Wildman–Crippen MR) is 72.2 cm³/mol. The van der Waals surface area contributed by atoms with Crippen molar-refractivity contribution < 1.29 is 8.96 Å². The predicted octanol–water partition coefficient (Wildman–Crippen LogP) is 3.34. The van der Waals surface area contributed by atoms with E-state index < -0.39 is 0 Å². The van der Waals surface area contributed by atoms with Crippen LogP contribution in [0.1, 0.15) is 19.4 Å². The Balaban J connectivity index is 2.16. The molecule has 19 heavy (non-hydrogen) atoms. The van der Waals surface area contributed by atoms with Gasteiger partial charge in [-0.15, -0.1) is 0 Å². The van der Waals surface area contributed by atoms with Crippen molar-refractivity contribution in [3.05, 3.63) is 66.1 Å². The van der Waals surface area contributed by atoms with Gasteiger partial charge in [-0.1, -0.05) is 6.08 Å². The second kappa shape index (κ2) is 3.13. The zero-order valence-corrected chi connectivity index (χ0v) is 11.0. The molecule has 2 heterocycles. The minimum atomic E-state index is -0.160. The van der Waals surface area contributed by atoms with Gasteiger partial charge in [0.1, 0.15) is 5.82 Å². The second-order valence-corrected chi connectivity index (χ2v) is 5.83. The Morgan fingerprint density at radius 2 is 1.89 bits per heavy atom. The van der Waals surface area contributed by atoms with Crippen LogP contribution < -0.4 is 4.57 Å². The molecule has 0 radical (unpaired) electrons. The fraction of sp³-hybridized carbons (Fsp3) is 0.235. The maximum atomic E-state index is 13.7. The first-order valence-corrected chi connectivity index (χ1v) is 6.58. The number of benzene rings is 1. The lowest BCUT2D eigenvalue weighted by Crippen LogP contribution is -2.70. The third kappa shape index (κ3) is 1.08. The first kappa shape index (κ1) is 10.9. The van der Waals surface area contributed by atoms with E-state index in [2.05, 4.69) is 48.9 Å². The highest BCUT2D eigenvalue weighted by atomic mass is 19.1. The summed E-state index contributed by atoms with van der Waals surface area (Å²) < 4.78 is 16.0. The highest BCUT2D eigenvalue weighted by molar-refractivity contribution is 5.68. The van der Waals surface area contributed by atoms with Crippen molar-refractivity contribution in [3.63, 3.8) is 0 Å². The van der Waals surface area contributed by atoms with Crippen LogP contribution in [0.3, 0.4) is 0 Å². The Labute approximate surface area is 112 Å². The van der Waals surface area contributed by atoms with Crippen molar-refractivity contribution in [2.75, 3.05) is 0 Å². The molecule has 0 spiro atoms. The average Bonchev–Trinajstić information content (AvgIpc) is 2.43. The van der Waals surface area contributed by atoms with Crippen LogP contribution in [0.5, 0.6) is 0 Å². The van der Waals surface area contributed by atoms with Gasteiger partial charge in [0.2, 0.25) is 5.69 Å². The van der Waals surface area contributed by atoms with Crippen LogP contribution in [0.25, 0.3) is 11.3 Å². The van der Waals surface area contributed by atoms with E-state index in [-0.39, 0.29) is 16.8 Å². The first-order chi connectivity index (χ1) is 9.06. The lowest BCUT2D eigenvalue weighted by molar-refractivity contribution is -0.754. The van der Waals surface area contributed by atoms with Crippen LogP contribution in [-0.4, -0.2) is 0 Å².